The summed E-state index contributed by atoms with van der Waals surface area (Å²) < 4.78 is 11.4. The lowest BCUT2D eigenvalue weighted by atomic mass is 10.1. The van der Waals surface area contributed by atoms with E-state index in [0.717, 1.165) is 11.1 Å². The molecule has 0 aromatic heterocycles. The lowest BCUT2D eigenvalue weighted by Gasteiger charge is -2.11. The number of esters is 1. The average Bonchev–Trinajstić information content (AvgIpc) is 2.69. The summed E-state index contributed by atoms with van der Waals surface area (Å²) >= 11 is 6.77. The molecule has 8 heteroatoms. The van der Waals surface area contributed by atoms with E-state index in [1.165, 1.54) is 6.08 Å². The lowest BCUT2D eigenvalue weighted by Crippen LogP contribution is -2.15. The van der Waals surface area contributed by atoms with E-state index in [1.54, 1.807) is 25.1 Å². The van der Waals surface area contributed by atoms with E-state index in [2.05, 4.69) is 37.2 Å². The van der Waals surface area contributed by atoms with Crippen LogP contribution in [0.2, 0.25) is 0 Å². The van der Waals surface area contributed by atoms with Gasteiger partial charge in [0.1, 0.15) is 17.4 Å². The third kappa shape index (κ3) is 6.18. The molecule has 2 aromatic carbocycles. The molecule has 0 bridgehead atoms. The second kappa shape index (κ2) is 11.0. The number of amides is 1. The van der Waals surface area contributed by atoms with Gasteiger partial charge in [-0.05, 0) is 93.6 Å². The number of carbonyl (C=O) groups excluding carboxylic acids is 2. The second-order valence-corrected chi connectivity index (χ2v) is 7.99. The van der Waals surface area contributed by atoms with Crippen LogP contribution in [0.5, 0.6) is 5.75 Å². The van der Waals surface area contributed by atoms with Crippen molar-refractivity contribution in [2.24, 2.45) is 0 Å². The first-order valence-corrected chi connectivity index (χ1v) is 10.6. The first-order chi connectivity index (χ1) is 14.3. The zero-order chi connectivity index (χ0) is 22.3. The summed E-state index contributed by atoms with van der Waals surface area (Å²) in [6.45, 7) is 5.61. The monoisotopic (exact) mass is 534 g/mol. The third-order valence-corrected chi connectivity index (χ3v) is 5.37. The minimum atomic E-state index is -0.499. The molecule has 2 rings (SSSR count). The minimum absolute atomic E-state index is 0.0464. The Balaban J connectivity index is 2.22. The fraction of sp³-hybridized carbons (Fsp3) is 0.227. The standard InChI is InChI=1S/C22H20Br2N2O4/c1-4-29-20(27)12-30-21-17(23)9-15(10-18(21)24)8-16(11-25)22(28)26-19-7-5-6-13(2)14(19)3/h5-10H,4,12H2,1-3H3,(H,26,28)/b16-8+. The number of ether oxygens (including phenoxy) is 2. The van der Waals surface area contributed by atoms with Crippen LogP contribution in [-0.2, 0) is 14.3 Å². The number of carbonyl (C=O) groups is 2. The Morgan fingerprint density at radius 1 is 1.20 bits per heavy atom. The summed E-state index contributed by atoms with van der Waals surface area (Å²) in [6, 6.07) is 10.9. The van der Waals surface area contributed by atoms with Gasteiger partial charge in [0, 0.05) is 5.69 Å². The number of nitrogens with one attached hydrogen (secondary N) is 1. The molecule has 0 atom stereocenters. The number of anilines is 1. The summed E-state index contributed by atoms with van der Waals surface area (Å²) in [4.78, 5) is 24.1. The number of aryl methyl sites for hydroxylation is 1. The topological polar surface area (TPSA) is 88.4 Å². The molecule has 156 valence electrons. The van der Waals surface area contributed by atoms with Crippen molar-refractivity contribution in [3.05, 3.63) is 61.5 Å². The Labute approximate surface area is 192 Å². The Morgan fingerprint density at radius 2 is 1.87 bits per heavy atom. The van der Waals surface area contributed by atoms with Gasteiger partial charge in [-0.15, -0.1) is 0 Å². The van der Waals surface area contributed by atoms with E-state index in [9.17, 15) is 14.9 Å². The minimum Gasteiger partial charge on any atom is -0.480 e. The van der Waals surface area contributed by atoms with Crippen molar-refractivity contribution in [2.45, 2.75) is 20.8 Å². The molecule has 30 heavy (non-hydrogen) atoms. The Kier molecular flexibility index (Phi) is 8.63. The molecule has 0 heterocycles. The fourth-order valence-corrected chi connectivity index (χ4v) is 3.98. The number of nitrogens with zero attached hydrogens (tertiary/aromatic N) is 1. The van der Waals surface area contributed by atoms with Crippen LogP contribution in [0.3, 0.4) is 0 Å². The molecule has 0 radical (unpaired) electrons. The molecule has 6 nitrogen and oxygen atoms in total. The Hall–Kier alpha value is -2.63. The van der Waals surface area contributed by atoms with Gasteiger partial charge in [0.2, 0.25) is 0 Å². The molecule has 0 aliphatic rings. The number of nitriles is 1. The van der Waals surface area contributed by atoms with Gasteiger partial charge >= 0.3 is 5.97 Å². The predicted octanol–water partition coefficient (Wildman–Crippen LogP) is 5.32. The highest BCUT2D eigenvalue weighted by Gasteiger charge is 2.14. The van der Waals surface area contributed by atoms with Crippen LogP contribution in [0.1, 0.15) is 23.6 Å². The van der Waals surface area contributed by atoms with Gasteiger partial charge in [-0.3, -0.25) is 4.79 Å². The molecular weight excluding hydrogens is 516 g/mol. The molecular formula is C22H20Br2N2O4. The van der Waals surface area contributed by atoms with Gasteiger partial charge in [0.25, 0.3) is 5.91 Å². The van der Waals surface area contributed by atoms with Gasteiger partial charge in [0.05, 0.1) is 15.6 Å². The van der Waals surface area contributed by atoms with Crippen molar-refractivity contribution >= 4 is 55.5 Å². The number of hydrogen-bond acceptors (Lipinski definition) is 5. The summed E-state index contributed by atoms with van der Waals surface area (Å²) in [5, 5.41) is 12.2. The van der Waals surface area contributed by atoms with Crippen molar-refractivity contribution in [3.63, 3.8) is 0 Å². The van der Waals surface area contributed by atoms with Gasteiger partial charge < -0.3 is 14.8 Å². The highest BCUT2D eigenvalue weighted by atomic mass is 79.9. The molecule has 0 unspecified atom stereocenters. The van der Waals surface area contributed by atoms with Gasteiger partial charge in [-0.2, -0.15) is 5.26 Å². The Bertz CT molecular complexity index is 1020. The van der Waals surface area contributed by atoms with Gasteiger partial charge in [-0.1, -0.05) is 12.1 Å². The predicted molar refractivity (Wildman–Crippen MR) is 122 cm³/mol. The first-order valence-electron chi connectivity index (χ1n) is 9.03. The van der Waals surface area contributed by atoms with E-state index >= 15 is 0 Å². The van der Waals surface area contributed by atoms with Crippen molar-refractivity contribution in [1.29, 1.82) is 5.26 Å². The van der Waals surface area contributed by atoms with E-state index < -0.39 is 11.9 Å². The van der Waals surface area contributed by atoms with Crippen LogP contribution in [0.4, 0.5) is 5.69 Å². The maximum absolute atomic E-state index is 12.6. The zero-order valence-electron chi connectivity index (χ0n) is 16.7. The van der Waals surface area contributed by atoms with Crippen molar-refractivity contribution in [2.75, 3.05) is 18.5 Å². The maximum Gasteiger partial charge on any atom is 0.344 e. The van der Waals surface area contributed by atoms with Crippen LogP contribution in [0.15, 0.2) is 44.9 Å². The van der Waals surface area contributed by atoms with Crippen molar-refractivity contribution < 1.29 is 19.1 Å². The average molecular weight is 536 g/mol. The van der Waals surface area contributed by atoms with Crippen molar-refractivity contribution in [1.82, 2.24) is 0 Å². The van der Waals surface area contributed by atoms with Crippen LogP contribution in [0.25, 0.3) is 6.08 Å². The first kappa shape index (κ1) is 23.6. The normalized spacial score (nSPS) is 10.9. The SMILES string of the molecule is CCOC(=O)COc1c(Br)cc(/C=C(\C#N)C(=O)Nc2cccc(C)c2C)cc1Br. The lowest BCUT2D eigenvalue weighted by molar-refractivity contribution is -0.145. The van der Waals surface area contributed by atoms with Crippen LogP contribution in [0, 0.1) is 25.2 Å². The molecule has 2 aromatic rings. The highest BCUT2D eigenvalue weighted by molar-refractivity contribution is 9.11. The number of halogens is 2. The molecule has 0 aliphatic carbocycles. The molecule has 1 N–H and O–H groups in total. The van der Waals surface area contributed by atoms with E-state index in [4.69, 9.17) is 9.47 Å². The van der Waals surface area contributed by atoms with E-state index in [-0.39, 0.29) is 18.8 Å². The third-order valence-electron chi connectivity index (χ3n) is 4.19. The quantitative estimate of drug-likeness (QED) is 0.294. The number of benzene rings is 2. The maximum atomic E-state index is 12.6. The number of rotatable bonds is 7. The Morgan fingerprint density at radius 3 is 2.47 bits per heavy atom. The second-order valence-electron chi connectivity index (χ2n) is 6.28. The largest absolute Gasteiger partial charge is 0.480 e. The van der Waals surface area contributed by atoms with Crippen LogP contribution in [-0.4, -0.2) is 25.1 Å². The van der Waals surface area contributed by atoms with Crippen molar-refractivity contribution in [3.8, 4) is 11.8 Å². The summed E-state index contributed by atoms with van der Waals surface area (Å²) in [5.41, 5.74) is 3.20. The summed E-state index contributed by atoms with van der Waals surface area (Å²) in [7, 11) is 0. The summed E-state index contributed by atoms with van der Waals surface area (Å²) in [6.07, 6.45) is 1.48. The van der Waals surface area contributed by atoms with Crippen LogP contribution >= 0.6 is 31.9 Å². The van der Waals surface area contributed by atoms with E-state index in [1.807, 2.05) is 32.0 Å². The fourth-order valence-electron chi connectivity index (χ4n) is 2.53. The van der Waals surface area contributed by atoms with E-state index in [0.29, 0.717) is 25.9 Å². The molecule has 0 saturated heterocycles. The molecule has 0 fully saturated rings. The number of hydrogen-bond donors (Lipinski definition) is 1. The summed E-state index contributed by atoms with van der Waals surface area (Å²) in [5.74, 6) is -0.560. The smallest absolute Gasteiger partial charge is 0.344 e. The van der Waals surface area contributed by atoms with Gasteiger partial charge in [-0.25, -0.2) is 4.79 Å². The zero-order valence-corrected chi connectivity index (χ0v) is 19.9. The van der Waals surface area contributed by atoms with Crippen LogP contribution < -0.4 is 10.1 Å². The molecule has 0 saturated carbocycles. The molecule has 1 amide bonds. The molecule has 0 spiro atoms. The molecule has 0 aliphatic heterocycles. The van der Waals surface area contributed by atoms with Gasteiger partial charge in [0.15, 0.2) is 6.61 Å². The highest BCUT2D eigenvalue weighted by Crippen LogP contribution is 2.35.